The normalized spacial score (nSPS) is 18.4. The van der Waals surface area contributed by atoms with Crippen molar-refractivity contribution in [3.63, 3.8) is 0 Å². The second kappa shape index (κ2) is 12.0. The van der Waals surface area contributed by atoms with Crippen LogP contribution >= 0.6 is 0 Å². The third kappa shape index (κ3) is 5.13. The minimum atomic E-state index is -3.30. The van der Waals surface area contributed by atoms with Crippen molar-refractivity contribution in [2.24, 2.45) is 5.73 Å². The minimum absolute atomic E-state index is 0.186. The number of nitrogens with zero attached hydrogens (tertiary/aromatic N) is 3. The molecule has 13 nitrogen and oxygen atoms in total. The predicted molar refractivity (Wildman–Crippen MR) is 158 cm³/mol. The number of imide groups is 1. The van der Waals surface area contributed by atoms with E-state index in [0.29, 0.717) is 16.2 Å². The fourth-order valence-corrected chi connectivity index (χ4v) is 5.34. The van der Waals surface area contributed by atoms with E-state index in [1.54, 1.807) is 36.4 Å². The van der Waals surface area contributed by atoms with Crippen molar-refractivity contribution in [2.75, 3.05) is 10.6 Å². The molecule has 1 aliphatic rings. The van der Waals surface area contributed by atoms with Crippen LogP contribution in [0.25, 0.3) is 0 Å². The number of carbonyl (C=O) groups excluding carboxylic acids is 4. The van der Waals surface area contributed by atoms with Gasteiger partial charge < -0.3 is 26.6 Å². The Hall–Kier alpha value is -5.56. The summed E-state index contributed by atoms with van der Waals surface area (Å²) < 4.78 is 0. The lowest BCUT2D eigenvalue weighted by Crippen LogP contribution is -2.74. The topological polar surface area (TPSA) is 205 Å². The fourth-order valence-electron chi connectivity index (χ4n) is 5.34. The van der Waals surface area contributed by atoms with Gasteiger partial charge in [-0.1, -0.05) is 60.7 Å². The molecule has 0 spiro atoms. The molecule has 0 aromatic heterocycles. The van der Waals surface area contributed by atoms with Gasteiger partial charge in [-0.05, 0) is 49.2 Å². The Balaban J connectivity index is 2.03. The summed E-state index contributed by atoms with van der Waals surface area (Å²) in [6.07, 6.45) is -0.930. The second-order valence-corrected chi connectivity index (χ2v) is 10.4. The van der Waals surface area contributed by atoms with Gasteiger partial charge in [0.05, 0.1) is 12.5 Å². The van der Waals surface area contributed by atoms with Crippen molar-refractivity contribution in [1.29, 1.82) is 0 Å². The maximum atomic E-state index is 14.6. The standard InChI is InChI=1S/C31H31N5O8/c1-19(37)31(28(42)43,35(23-11-7-4-8-12-23)26(40)24(33)17-25(38)39)36-27(41)30(2,21-13-15-22(32)16-14-21)34(29(36)44)18-20-9-5-3-6-10-20/h3-16,24H,17-18,32-33H2,1-2H3,(H,38,39)(H,42,43)/t24-,30+,31-/m0/s1. The Morgan fingerprint density at radius 1 is 0.909 bits per heavy atom. The number of hydrogen-bond donors (Lipinski definition) is 4. The number of benzene rings is 3. The quantitative estimate of drug-likeness (QED) is 0.143. The highest BCUT2D eigenvalue weighted by Gasteiger charge is 2.69. The van der Waals surface area contributed by atoms with Crippen LogP contribution < -0.4 is 16.4 Å². The van der Waals surface area contributed by atoms with E-state index in [4.69, 9.17) is 11.5 Å². The van der Waals surface area contributed by atoms with Crippen molar-refractivity contribution in [2.45, 2.75) is 44.1 Å². The summed E-state index contributed by atoms with van der Waals surface area (Å²) in [7, 11) is 0. The van der Waals surface area contributed by atoms with Gasteiger partial charge in [-0.3, -0.25) is 24.1 Å². The van der Waals surface area contributed by atoms with E-state index in [1.807, 2.05) is 0 Å². The van der Waals surface area contributed by atoms with E-state index in [0.717, 1.165) is 11.8 Å². The van der Waals surface area contributed by atoms with E-state index in [1.165, 1.54) is 55.5 Å². The van der Waals surface area contributed by atoms with Crippen molar-refractivity contribution in [1.82, 2.24) is 9.80 Å². The van der Waals surface area contributed by atoms with Crippen LogP contribution in [0, 0.1) is 0 Å². The largest absolute Gasteiger partial charge is 0.481 e. The number of nitrogen functional groups attached to an aromatic ring is 1. The molecule has 0 radical (unpaired) electrons. The smallest absolute Gasteiger partial charge is 0.360 e. The van der Waals surface area contributed by atoms with Crippen LogP contribution in [0.4, 0.5) is 16.2 Å². The molecule has 0 aliphatic carbocycles. The van der Waals surface area contributed by atoms with Crippen LogP contribution in [0.5, 0.6) is 0 Å². The molecule has 4 rings (SSSR count). The summed E-state index contributed by atoms with van der Waals surface area (Å²) in [5, 5.41) is 20.2. The Bertz CT molecular complexity index is 1600. The third-order valence-corrected chi connectivity index (χ3v) is 7.62. The van der Waals surface area contributed by atoms with Crippen LogP contribution in [0.3, 0.4) is 0 Å². The first-order valence-electron chi connectivity index (χ1n) is 13.4. The number of urea groups is 1. The summed E-state index contributed by atoms with van der Waals surface area (Å²) in [5.74, 6) is -7.23. The molecule has 3 atom stereocenters. The average Bonchev–Trinajstić information content (AvgIpc) is 3.17. The number of carboxylic acids is 2. The summed E-state index contributed by atoms with van der Waals surface area (Å²) >= 11 is 0. The van der Waals surface area contributed by atoms with Gasteiger partial charge in [0.1, 0.15) is 5.54 Å². The molecule has 1 fully saturated rings. The van der Waals surface area contributed by atoms with Crippen molar-refractivity contribution >= 4 is 46.9 Å². The fraction of sp³-hybridized carbons (Fsp3) is 0.226. The summed E-state index contributed by atoms with van der Waals surface area (Å²) in [6, 6.07) is 18.5. The highest BCUT2D eigenvalue weighted by molar-refractivity contribution is 6.24. The van der Waals surface area contributed by atoms with Crippen LogP contribution in [-0.4, -0.2) is 67.3 Å². The molecule has 228 valence electrons. The maximum Gasteiger partial charge on any atom is 0.360 e. The molecule has 1 aliphatic heterocycles. The number of ketones is 1. The Morgan fingerprint density at radius 2 is 1.45 bits per heavy atom. The van der Waals surface area contributed by atoms with E-state index >= 15 is 0 Å². The number of aliphatic carboxylic acids is 2. The molecule has 1 saturated heterocycles. The molecule has 6 N–H and O–H groups in total. The van der Waals surface area contributed by atoms with Crippen LogP contribution in [0.15, 0.2) is 84.9 Å². The first-order chi connectivity index (χ1) is 20.8. The molecule has 1 heterocycles. The number of hydrogen-bond acceptors (Lipinski definition) is 8. The highest BCUT2D eigenvalue weighted by Crippen LogP contribution is 2.44. The number of rotatable bonds is 11. The van der Waals surface area contributed by atoms with E-state index < -0.39 is 59.2 Å². The number of amides is 4. The molecule has 44 heavy (non-hydrogen) atoms. The van der Waals surface area contributed by atoms with Crippen LogP contribution in [-0.2, 0) is 36.1 Å². The molecule has 3 aromatic carbocycles. The molecular formula is C31H31N5O8. The van der Waals surface area contributed by atoms with E-state index in [2.05, 4.69) is 0 Å². The summed E-state index contributed by atoms with van der Waals surface area (Å²) in [6.45, 7) is 2.04. The molecule has 3 aromatic rings. The van der Waals surface area contributed by atoms with Crippen LogP contribution in [0.1, 0.15) is 31.4 Å². The van der Waals surface area contributed by atoms with Crippen molar-refractivity contribution in [3.8, 4) is 0 Å². The Morgan fingerprint density at radius 3 is 1.95 bits per heavy atom. The van der Waals surface area contributed by atoms with Gasteiger partial charge in [-0.15, -0.1) is 0 Å². The lowest BCUT2D eigenvalue weighted by Gasteiger charge is -2.43. The first-order valence-corrected chi connectivity index (χ1v) is 13.4. The SMILES string of the molecule is CC(=O)[C@@](C(=O)O)(N1C(=O)N(Cc2ccccc2)[C@](C)(c2ccc(N)cc2)C1=O)N(C(=O)[C@@H](N)CC(=O)O)c1ccccc1. The Kier molecular flexibility index (Phi) is 8.54. The lowest BCUT2D eigenvalue weighted by molar-refractivity contribution is -0.162. The molecule has 0 bridgehead atoms. The molecule has 13 heteroatoms. The van der Waals surface area contributed by atoms with Gasteiger partial charge in [0.2, 0.25) is 5.91 Å². The predicted octanol–water partition coefficient (Wildman–Crippen LogP) is 2.15. The highest BCUT2D eigenvalue weighted by atomic mass is 16.4. The average molecular weight is 602 g/mol. The first kappa shape index (κ1) is 31.4. The van der Waals surface area contributed by atoms with Gasteiger partial charge in [0.15, 0.2) is 5.78 Å². The zero-order valence-electron chi connectivity index (χ0n) is 23.9. The monoisotopic (exact) mass is 601 g/mol. The molecule has 0 saturated carbocycles. The van der Waals surface area contributed by atoms with Gasteiger partial charge >= 0.3 is 18.0 Å². The van der Waals surface area contributed by atoms with Crippen molar-refractivity contribution in [3.05, 3.63) is 96.1 Å². The zero-order valence-corrected chi connectivity index (χ0v) is 23.9. The zero-order chi connectivity index (χ0) is 32.4. The van der Waals surface area contributed by atoms with E-state index in [-0.39, 0.29) is 22.7 Å². The minimum Gasteiger partial charge on any atom is -0.481 e. The van der Waals surface area contributed by atoms with Crippen molar-refractivity contribution < 1.29 is 39.0 Å². The van der Waals surface area contributed by atoms with Gasteiger partial charge in [0, 0.05) is 17.9 Å². The van der Waals surface area contributed by atoms with Crippen LogP contribution in [0.2, 0.25) is 0 Å². The lowest BCUT2D eigenvalue weighted by atomic mass is 9.88. The van der Waals surface area contributed by atoms with Gasteiger partial charge in [0.25, 0.3) is 11.6 Å². The number of nitrogens with two attached hydrogens (primary N) is 2. The molecular weight excluding hydrogens is 570 g/mol. The summed E-state index contributed by atoms with van der Waals surface area (Å²) in [5.41, 5.74) is 7.59. The number of carbonyl (C=O) groups is 6. The second-order valence-electron chi connectivity index (χ2n) is 10.4. The Labute approximate surface area is 252 Å². The third-order valence-electron chi connectivity index (χ3n) is 7.62. The molecule has 0 unspecified atom stereocenters. The summed E-state index contributed by atoms with van der Waals surface area (Å²) in [4.78, 5) is 83.4. The maximum absolute atomic E-state index is 14.6. The number of anilines is 2. The molecule has 4 amide bonds. The van der Waals surface area contributed by atoms with Gasteiger partial charge in [-0.2, -0.15) is 0 Å². The number of Topliss-reactive ketones (excluding diaryl/α,β-unsaturated/α-hetero) is 1. The number of para-hydroxylation sites is 1. The van der Waals surface area contributed by atoms with E-state index in [9.17, 15) is 39.0 Å². The van der Waals surface area contributed by atoms with Gasteiger partial charge in [-0.25, -0.2) is 14.5 Å². The number of carboxylic acid groups (broad SMARTS) is 2.